The second-order valence-corrected chi connectivity index (χ2v) is 3.88. The van der Waals surface area contributed by atoms with Crippen LogP contribution < -0.4 is 10.2 Å². The van der Waals surface area contributed by atoms with E-state index in [2.05, 4.69) is 48.3 Å². The van der Waals surface area contributed by atoms with Gasteiger partial charge >= 0.3 is 0 Å². The maximum Gasteiger partial charge on any atom is 0.0396 e. The first-order valence-electron chi connectivity index (χ1n) is 5.74. The normalized spacial score (nSPS) is 10.3. The van der Waals surface area contributed by atoms with Crippen LogP contribution in [0.3, 0.4) is 0 Å². The van der Waals surface area contributed by atoms with Crippen LogP contribution in [0.1, 0.15) is 18.9 Å². The molecule has 0 radical (unpaired) electrons. The van der Waals surface area contributed by atoms with Gasteiger partial charge in [0, 0.05) is 25.3 Å². The quantitative estimate of drug-likeness (QED) is 0.769. The van der Waals surface area contributed by atoms with Crippen LogP contribution in [-0.2, 0) is 0 Å². The number of hydrogen-bond acceptors (Lipinski definition) is 2. The molecule has 0 fully saturated rings. The monoisotopic (exact) mass is 206 g/mol. The molecule has 0 bridgehead atoms. The minimum absolute atomic E-state index is 1.04. The highest BCUT2D eigenvalue weighted by Crippen LogP contribution is 2.18. The number of nitrogens with zero attached hydrogens (tertiary/aromatic N) is 1. The molecule has 0 atom stereocenters. The molecule has 84 valence electrons. The summed E-state index contributed by atoms with van der Waals surface area (Å²) in [5, 5.41) is 3.20. The van der Waals surface area contributed by atoms with Crippen LogP contribution in [-0.4, -0.2) is 26.7 Å². The molecule has 0 spiro atoms. The molecule has 2 heteroatoms. The smallest absolute Gasteiger partial charge is 0.0396 e. The highest BCUT2D eigenvalue weighted by atomic mass is 15.1. The van der Waals surface area contributed by atoms with Gasteiger partial charge in [-0.1, -0.05) is 25.1 Å². The van der Waals surface area contributed by atoms with E-state index in [1.807, 2.05) is 7.05 Å². The molecule has 0 aliphatic heterocycles. The summed E-state index contributed by atoms with van der Waals surface area (Å²) in [6.07, 6.45) is 1.19. The molecule has 1 aromatic rings. The van der Waals surface area contributed by atoms with Gasteiger partial charge in [0.15, 0.2) is 0 Å². The van der Waals surface area contributed by atoms with Crippen LogP contribution in [0.4, 0.5) is 5.69 Å². The van der Waals surface area contributed by atoms with E-state index in [0.717, 1.165) is 19.6 Å². The van der Waals surface area contributed by atoms with Gasteiger partial charge in [-0.2, -0.15) is 0 Å². The van der Waals surface area contributed by atoms with Crippen LogP contribution >= 0.6 is 0 Å². The molecular weight excluding hydrogens is 184 g/mol. The van der Waals surface area contributed by atoms with E-state index >= 15 is 0 Å². The maximum atomic E-state index is 3.20. The first kappa shape index (κ1) is 12.1. The van der Waals surface area contributed by atoms with Crippen LogP contribution in [0.2, 0.25) is 0 Å². The summed E-state index contributed by atoms with van der Waals surface area (Å²) >= 11 is 0. The van der Waals surface area contributed by atoms with E-state index in [1.54, 1.807) is 0 Å². The maximum absolute atomic E-state index is 3.20. The number of para-hydroxylation sites is 1. The van der Waals surface area contributed by atoms with Crippen molar-refractivity contribution < 1.29 is 0 Å². The lowest BCUT2D eigenvalue weighted by Gasteiger charge is -2.25. The number of nitrogens with one attached hydrogen (secondary N) is 1. The Balaban J connectivity index is 2.74. The van der Waals surface area contributed by atoms with Gasteiger partial charge in [-0.3, -0.25) is 0 Å². The summed E-state index contributed by atoms with van der Waals surface area (Å²) in [5.74, 6) is 0. The zero-order valence-electron chi connectivity index (χ0n) is 10.1. The second-order valence-electron chi connectivity index (χ2n) is 3.88. The van der Waals surface area contributed by atoms with Crippen molar-refractivity contribution >= 4 is 5.69 Å². The number of anilines is 1. The van der Waals surface area contributed by atoms with Gasteiger partial charge in [0.1, 0.15) is 0 Å². The Morgan fingerprint density at radius 2 is 1.93 bits per heavy atom. The van der Waals surface area contributed by atoms with E-state index < -0.39 is 0 Å². The third kappa shape index (κ3) is 3.56. The fraction of sp³-hybridized carbons (Fsp3) is 0.538. The molecule has 0 amide bonds. The highest BCUT2D eigenvalue weighted by molar-refractivity contribution is 5.52. The standard InChI is InChI=1S/C13H22N2/c1-4-10-15(11-9-14-3)13-8-6-5-7-12(13)2/h5-8,14H,4,9-11H2,1-3H3. The summed E-state index contributed by atoms with van der Waals surface area (Å²) in [5.41, 5.74) is 2.73. The number of benzene rings is 1. The van der Waals surface area contributed by atoms with Crippen molar-refractivity contribution in [2.24, 2.45) is 0 Å². The Kier molecular flexibility index (Phi) is 5.19. The predicted octanol–water partition coefficient (Wildman–Crippen LogP) is 2.43. The first-order valence-corrected chi connectivity index (χ1v) is 5.74. The number of hydrogen-bond donors (Lipinski definition) is 1. The molecule has 0 saturated carbocycles. The van der Waals surface area contributed by atoms with E-state index in [0.29, 0.717) is 0 Å². The molecule has 0 aliphatic carbocycles. The lowest BCUT2D eigenvalue weighted by Crippen LogP contribution is -2.31. The van der Waals surface area contributed by atoms with Gasteiger partial charge in [-0.25, -0.2) is 0 Å². The van der Waals surface area contributed by atoms with E-state index in [4.69, 9.17) is 0 Å². The third-order valence-corrected chi connectivity index (χ3v) is 2.58. The summed E-state index contributed by atoms with van der Waals surface area (Å²) in [6.45, 7) is 7.65. The molecule has 1 N–H and O–H groups in total. The SMILES string of the molecule is CCCN(CCNC)c1ccccc1C. The fourth-order valence-corrected chi connectivity index (χ4v) is 1.79. The van der Waals surface area contributed by atoms with Crippen molar-refractivity contribution in [3.63, 3.8) is 0 Å². The lowest BCUT2D eigenvalue weighted by atomic mass is 10.1. The fourth-order valence-electron chi connectivity index (χ4n) is 1.79. The van der Waals surface area contributed by atoms with E-state index in [-0.39, 0.29) is 0 Å². The number of rotatable bonds is 6. The van der Waals surface area contributed by atoms with Gasteiger partial charge in [0.25, 0.3) is 0 Å². The van der Waals surface area contributed by atoms with Crippen molar-refractivity contribution in [1.29, 1.82) is 0 Å². The van der Waals surface area contributed by atoms with Crippen molar-refractivity contribution in [3.05, 3.63) is 29.8 Å². The molecule has 1 aromatic carbocycles. The molecule has 0 aromatic heterocycles. The molecule has 0 heterocycles. The molecule has 0 unspecified atom stereocenters. The van der Waals surface area contributed by atoms with Crippen molar-refractivity contribution in [2.45, 2.75) is 20.3 Å². The van der Waals surface area contributed by atoms with E-state index in [9.17, 15) is 0 Å². The summed E-state index contributed by atoms with van der Waals surface area (Å²) in [6, 6.07) is 8.60. The highest BCUT2D eigenvalue weighted by Gasteiger charge is 2.06. The Hall–Kier alpha value is -1.02. The zero-order chi connectivity index (χ0) is 11.1. The Morgan fingerprint density at radius 3 is 2.53 bits per heavy atom. The van der Waals surface area contributed by atoms with Crippen molar-refractivity contribution in [3.8, 4) is 0 Å². The summed E-state index contributed by atoms with van der Waals surface area (Å²) in [4.78, 5) is 2.45. The van der Waals surface area contributed by atoms with Crippen LogP contribution in [0, 0.1) is 6.92 Å². The molecule has 2 nitrogen and oxygen atoms in total. The average Bonchev–Trinajstić information content (AvgIpc) is 2.25. The second kappa shape index (κ2) is 6.46. The first-order chi connectivity index (χ1) is 7.29. The van der Waals surface area contributed by atoms with Gasteiger partial charge < -0.3 is 10.2 Å². The van der Waals surface area contributed by atoms with Gasteiger partial charge in [0.2, 0.25) is 0 Å². The largest absolute Gasteiger partial charge is 0.370 e. The third-order valence-electron chi connectivity index (χ3n) is 2.58. The van der Waals surface area contributed by atoms with Crippen molar-refractivity contribution in [2.75, 3.05) is 31.6 Å². The van der Waals surface area contributed by atoms with Gasteiger partial charge in [0.05, 0.1) is 0 Å². The topological polar surface area (TPSA) is 15.3 Å². The minimum atomic E-state index is 1.04. The van der Waals surface area contributed by atoms with E-state index in [1.165, 1.54) is 17.7 Å². The van der Waals surface area contributed by atoms with Crippen LogP contribution in [0.5, 0.6) is 0 Å². The minimum Gasteiger partial charge on any atom is -0.370 e. The summed E-state index contributed by atoms with van der Waals surface area (Å²) < 4.78 is 0. The van der Waals surface area contributed by atoms with Gasteiger partial charge in [-0.05, 0) is 32.0 Å². The molecule has 15 heavy (non-hydrogen) atoms. The van der Waals surface area contributed by atoms with Crippen molar-refractivity contribution in [1.82, 2.24) is 5.32 Å². The van der Waals surface area contributed by atoms with Crippen LogP contribution in [0.25, 0.3) is 0 Å². The van der Waals surface area contributed by atoms with Crippen LogP contribution in [0.15, 0.2) is 24.3 Å². The zero-order valence-corrected chi connectivity index (χ0v) is 10.1. The molecule has 1 rings (SSSR count). The number of likely N-dealkylation sites (N-methyl/N-ethyl adjacent to an activating group) is 1. The van der Waals surface area contributed by atoms with Gasteiger partial charge in [-0.15, -0.1) is 0 Å². The Morgan fingerprint density at radius 1 is 1.20 bits per heavy atom. The predicted molar refractivity (Wildman–Crippen MR) is 67.6 cm³/mol. The summed E-state index contributed by atoms with van der Waals surface area (Å²) in [7, 11) is 2.00. The average molecular weight is 206 g/mol. The molecular formula is C13H22N2. The number of aryl methyl sites for hydroxylation is 1. The molecule has 0 aliphatic rings. The Bertz CT molecular complexity index is 284. The molecule has 0 saturated heterocycles. The Labute approximate surface area is 93.3 Å². The lowest BCUT2D eigenvalue weighted by molar-refractivity contribution is 0.708.